The fraction of sp³-hybridized carbons (Fsp3) is 1.00. The Morgan fingerprint density at radius 3 is 2.72 bits per heavy atom. The smallest absolute Gasteiger partial charge is 0.214 e. The lowest BCUT2D eigenvalue weighted by atomic mass is 10.2. The number of morpholine rings is 1. The third kappa shape index (κ3) is 3.33. The molecule has 2 rings (SSSR count). The molecule has 2 atom stereocenters. The Kier molecular flexibility index (Phi) is 4.18. The molecule has 18 heavy (non-hydrogen) atoms. The Labute approximate surface area is 111 Å². The van der Waals surface area contributed by atoms with E-state index in [1.54, 1.807) is 4.31 Å². The molecule has 2 saturated heterocycles. The molecule has 2 fully saturated rings. The van der Waals surface area contributed by atoms with Crippen molar-refractivity contribution in [1.82, 2.24) is 9.62 Å². The predicted molar refractivity (Wildman–Crippen MR) is 75.0 cm³/mol. The van der Waals surface area contributed by atoms with Crippen LogP contribution in [-0.4, -0.2) is 64.9 Å². The van der Waals surface area contributed by atoms with Crippen molar-refractivity contribution in [2.24, 2.45) is 0 Å². The maximum absolute atomic E-state index is 12.4. The van der Waals surface area contributed by atoms with E-state index in [1.165, 1.54) is 0 Å². The molecule has 106 valence electrons. The van der Waals surface area contributed by atoms with E-state index < -0.39 is 18.1 Å². The van der Waals surface area contributed by atoms with Crippen molar-refractivity contribution < 1.29 is 13.2 Å². The maximum Gasteiger partial charge on any atom is 0.214 e. The van der Waals surface area contributed by atoms with E-state index in [1.807, 2.05) is 0 Å². The summed E-state index contributed by atoms with van der Waals surface area (Å²) in [6, 6.07) is 0.836. The van der Waals surface area contributed by atoms with E-state index in [0.29, 0.717) is 18.9 Å². The zero-order valence-electron chi connectivity index (χ0n) is 11.5. The normalized spacial score (nSPS) is 30.4. The van der Waals surface area contributed by atoms with Gasteiger partial charge in [-0.3, -0.25) is 0 Å². The number of nitrogens with one attached hydrogen (secondary N) is 1. The van der Waals surface area contributed by atoms with Crippen molar-refractivity contribution in [3.05, 3.63) is 0 Å². The summed E-state index contributed by atoms with van der Waals surface area (Å²) in [5, 5.41) is 3.22. The molecule has 2 aliphatic heterocycles. The molecule has 7 heteroatoms. The number of hydrogen-bond donors (Lipinski definition) is 1. The van der Waals surface area contributed by atoms with Gasteiger partial charge in [0.1, 0.15) is 0 Å². The Hall–Kier alpha value is 0.0469. The fourth-order valence-corrected chi connectivity index (χ4v) is 7.15. The highest BCUT2D eigenvalue weighted by Crippen LogP contribution is 2.22. The summed E-state index contributed by atoms with van der Waals surface area (Å²) < 4.78 is 32.2. The molecule has 0 aromatic carbocycles. The molecule has 0 aromatic heterocycles. The van der Waals surface area contributed by atoms with E-state index in [0.717, 1.165) is 19.1 Å². The molecule has 2 aliphatic rings. The highest BCUT2D eigenvalue weighted by molar-refractivity contribution is 7.89. The van der Waals surface area contributed by atoms with Gasteiger partial charge in [0.25, 0.3) is 0 Å². The summed E-state index contributed by atoms with van der Waals surface area (Å²) in [6.07, 6.45) is 0.0420. The number of sulfonamides is 1. The minimum atomic E-state index is -3.12. The van der Waals surface area contributed by atoms with Crippen LogP contribution in [0.25, 0.3) is 0 Å². The summed E-state index contributed by atoms with van der Waals surface area (Å²) in [6.45, 7) is 9.15. The lowest BCUT2D eigenvalue weighted by Crippen LogP contribution is -2.54. The Morgan fingerprint density at radius 1 is 1.33 bits per heavy atom. The quantitative estimate of drug-likeness (QED) is 0.759. The molecule has 0 aliphatic carbocycles. The average molecular weight is 292 g/mol. The third-order valence-electron chi connectivity index (χ3n) is 3.61. The van der Waals surface area contributed by atoms with Crippen LogP contribution in [0.2, 0.25) is 25.7 Å². The number of fused-ring (bicyclic) bond motifs is 1. The lowest BCUT2D eigenvalue weighted by Gasteiger charge is -2.36. The molecule has 5 nitrogen and oxygen atoms in total. The molecule has 0 radical (unpaired) electrons. The number of nitrogens with zero attached hydrogens (tertiary/aromatic N) is 1. The van der Waals surface area contributed by atoms with Gasteiger partial charge >= 0.3 is 0 Å². The zero-order valence-corrected chi connectivity index (χ0v) is 13.3. The van der Waals surface area contributed by atoms with E-state index in [-0.39, 0.29) is 12.1 Å². The first kappa shape index (κ1) is 14.5. The highest BCUT2D eigenvalue weighted by atomic mass is 32.2. The van der Waals surface area contributed by atoms with Crippen LogP contribution in [0.4, 0.5) is 0 Å². The van der Waals surface area contributed by atoms with Crippen LogP contribution < -0.4 is 5.32 Å². The molecule has 1 N–H and O–H groups in total. The van der Waals surface area contributed by atoms with Gasteiger partial charge in [0.15, 0.2) is 0 Å². The lowest BCUT2D eigenvalue weighted by molar-refractivity contribution is -0.0148. The van der Waals surface area contributed by atoms with Crippen LogP contribution in [0.3, 0.4) is 0 Å². The van der Waals surface area contributed by atoms with Gasteiger partial charge in [0.2, 0.25) is 10.0 Å². The molecule has 0 bridgehead atoms. The second-order valence-electron chi connectivity index (χ2n) is 6.37. The molecular formula is C11H24N2O3SSi. The highest BCUT2D eigenvalue weighted by Gasteiger charge is 2.41. The van der Waals surface area contributed by atoms with Gasteiger partial charge in [-0.25, -0.2) is 8.42 Å². The van der Waals surface area contributed by atoms with Gasteiger partial charge in [-0.2, -0.15) is 4.31 Å². The molecule has 0 spiro atoms. The van der Waals surface area contributed by atoms with E-state index in [4.69, 9.17) is 4.74 Å². The van der Waals surface area contributed by atoms with Gasteiger partial charge in [-0.15, -0.1) is 0 Å². The monoisotopic (exact) mass is 292 g/mol. The summed E-state index contributed by atoms with van der Waals surface area (Å²) in [5.74, 6) is 0.298. The number of rotatable bonds is 4. The van der Waals surface area contributed by atoms with Gasteiger partial charge < -0.3 is 10.1 Å². The Balaban J connectivity index is 2.04. The topological polar surface area (TPSA) is 58.6 Å². The van der Waals surface area contributed by atoms with Crippen LogP contribution in [0, 0.1) is 0 Å². The molecule has 0 saturated carbocycles. The molecule has 2 heterocycles. The van der Waals surface area contributed by atoms with Crippen molar-refractivity contribution in [3.63, 3.8) is 0 Å². The minimum Gasteiger partial charge on any atom is -0.374 e. The summed E-state index contributed by atoms with van der Waals surface area (Å²) in [4.78, 5) is 0. The second kappa shape index (κ2) is 5.20. The Bertz CT molecular complexity index is 394. The zero-order chi connectivity index (χ0) is 13.4. The van der Waals surface area contributed by atoms with Crippen LogP contribution in [0.15, 0.2) is 0 Å². The summed E-state index contributed by atoms with van der Waals surface area (Å²) in [7, 11) is -4.44. The van der Waals surface area contributed by atoms with Crippen molar-refractivity contribution >= 4 is 18.1 Å². The molecule has 0 aromatic rings. The van der Waals surface area contributed by atoms with Crippen LogP contribution >= 0.6 is 0 Å². The minimum absolute atomic E-state index is 0.00499. The van der Waals surface area contributed by atoms with Gasteiger partial charge in [-0.05, 0) is 6.04 Å². The third-order valence-corrected chi connectivity index (χ3v) is 7.61. The van der Waals surface area contributed by atoms with Crippen molar-refractivity contribution in [2.75, 3.05) is 32.0 Å². The van der Waals surface area contributed by atoms with Crippen LogP contribution in [-0.2, 0) is 14.8 Å². The van der Waals surface area contributed by atoms with Crippen molar-refractivity contribution in [1.29, 1.82) is 0 Å². The largest absolute Gasteiger partial charge is 0.374 e. The maximum atomic E-state index is 12.4. The summed E-state index contributed by atoms with van der Waals surface area (Å²) in [5.41, 5.74) is 0. The standard InChI is InChI=1S/C11H24N2O3SSi/c1-18(2,3)7-6-17(14,15)13-4-5-16-11-9-12-8-10(11)13/h10-12H,4-9H2,1-3H3/t10-,11+/m0/s1. The molecular weight excluding hydrogens is 268 g/mol. The number of hydrogen-bond acceptors (Lipinski definition) is 4. The first-order valence-corrected chi connectivity index (χ1v) is 11.9. The van der Waals surface area contributed by atoms with Gasteiger partial charge in [0.05, 0.1) is 24.5 Å². The van der Waals surface area contributed by atoms with Crippen molar-refractivity contribution in [2.45, 2.75) is 37.8 Å². The van der Waals surface area contributed by atoms with E-state index in [2.05, 4.69) is 25.0 Å². The number of ether oxygens (including phenoxy) is 1. The van der Waals surface area contributed by atoms with Gasteiger partial charge in [0, 0.05) is 27.7 Å². The first-order chi connectivity index (χ1) is 8.30. The molecule has 0 amide bonds. The van der Waals surface area contributed by atoms with Gasteiger partial charge in [-0.1, -0.05) is 19.6 Å². The van der Waals surface area contributed by atoms with E-state index in [9.17, 15) is 8.42 Å². The SMILES string of the molecule is C[Si](C)(C)CCS(=O)(=O)N1CCO[C@@H]2CNC[C@@H]21. The predicted octanol–water partition coefficient (Wildman–Crippen LogP) is 0.327. The van der Waals surface area contributed by atoms with E-state index >= 15 is 0 Å². The van der Waals surface area contributed by atoms with Crippen molar-refractivity contribution in [3.8, 4) is 0 Å². The average Bonchev–Trinajstić information content (AvgIpc) is 2.73. The summed E-state index contributed by atoms with van der Waals surface area (Å²) >= 11 is 0. The van der Waals surface area contributed by atoms with Crippen LogP contribution in [0.5, 0.6) is 0 Å². The second-order valence-corrected chi connectivity index (χ2v) is 14.0. The Morgan fingerprint density at radius 2 is 2.06 bits per heavy atom. The molecule has 0 unspecified atom stereocenters. The van der Waals surface area contributed by atoms with Crippen LogP contribution in [0.1, 0.15) is 0 Å². The first-order valence-electron chi connectivity index (χ1n) is 6.61. The fourth-order valence-electron chi connectivity index (χ4n) is 2.46.